The quantitative estimate of drug-likeness (QED) is 0.826. The summed E-state index contributed by atoms with van der Waals surface area (Å²) in [4.78, 5) is 2.26. The van der Waals surface area contributed by atoms with E-state index in [0.717, 1.165) is 12.2 Å². The van der Waals surface area contributed by atoms with Crippen molar-refractivity contribution in [1.82, 2.24) is 14.7 Å². The summed E-state index contributed by atoms with van der Waals surface area (Å²) >= 11 is 0. The Morgan fingerprint density at radius 1 is 1.53 bits per heavy atom. The van der Waals surface area contributed by atoms with Crippen LogP contribution in [0.2, 0.25) is 0 Å². The van der Waals surface area contributed by atoms with Crippen molar-refractivity contribution in [2.75, 3.05) is 20.7 Å². The molecule has 5 heteroatoms. The molecule has 0 saturated carbocycles. The molecule has 0 aliphatic carbocycles. The highest BCUT2D eigenvalue weighted by molar-refractivity contribution is 5.31. The van der Waals surface area contributed by atoms with E-state index < -0.39 is 5.60 Å². The van der Waals surface area contributed by atoms with Gasteiger partial charge in [0, 0.05) is 19.6 Å². The first-order valence-corrected chi connectivity index (χ1v) is 5.97. The van der Waals surface area contributed by atoms with Crippen LogP contribution in [0, 0.1) is 0 Å². The number of aliphatic hydroxyl groups is 1. The van der Waals surface area contributed by atoms with Crippen molar-refractivity contribution in [3.63, 3.8) is 0 Å². The maximum Gasteiger partial charge on any atom is 0.162 e. The van der Waals surface area contributed by atoms with E-state index in [1.807, 2.05) is 7.05 Å². The molecule has 2 heterocycles. The summed E-state index contributed by atoms with van der Waals surface area (Å²) in [5.74, 6) is 0.673. The number of nitrogens with zero attached hydrogens (tertiary/aromatic N) is 3. The van der Waals surface area contributed by atoms with Gasteiger partial charge in [0.1, 0.15) is 11.3 Å². The standard InChI is InChI=1S/C12H21N3O2/c1-9-7-12(16,5-6-14(9)2)11-10(17-4)8-13-15(11)3/h8-9,16H,5-7H2,1-4H3. The van der Waals surface area contributed by atoms with Gasteiger partial charge in [-0.25, -0.2) is 0 Å². The van der Waals surface area contributed by atoms with Crippen molar-refractivity contribution >= 4 is 0 Å². The van der Waals surface area contributed by atoms with Crippen molar-refractivity contribution in [1.29, 1.82) is 0 Å². The second-order valence-electron chi connectivity index (χ2n) is 5.00. The van der Waals surface area contributed by atoms with Crippen molar-refractivity contribution < 1.29 is 9.84 Å². The van der Waals surface area contributed by atoms with Crippen LogP contribution in [-0.2, 0) is 12.6 Å². The summed E-state index contributed by atoms with van der Waals surface area (Å²) in [5.41, 5.74) is -0.0392. The Morgan fingerprint density at radius 2 is 2.24 bits per heavy atom. The first-order chi connectivity index (χ1) is 7.98. The summed E-state index contributed by atoms with van der Waals surface area (Å²) in [5, 5.41) is 15.0. The van der Waals surface area contributed by atoms with E-state index >= 15 is 0 Å². The van der Waals surface area contributed by atoms with Gasteiger partial charge in [0.15, 0.2) is 5.75 Å². The summed E-state index contributed by atoms with van der Waals surface area (Å²) in [6.07, 6.45) is 3.08. The van der Waals surface area contributed by atoms with Crippen LogP contribution in [0.1, 0.15) is 25.5 Å². The molecule has 2 rings (SSSR count). The number of piperidine rings is 1. The zero-order valence-electron chi connectivity index (χ0n) is 11.0. The van der Waals surface area contributed by atoms with Crippen LogP contribution < -0.4 is 4.74 Å². The Kier molecular flexibility index (Phi) is 3.14. The molecule has 2 unspecified atom stereocenters. The molecule has 0 bridgehead atoms. The molecule has 1 fully saturated rings. The van der Waals surface area contributed by atoms with Crippen LogP contribution in [-0.4, -0.2) is 46.5 Å². The van der Waals surface area contributed by atoms with Gasteiger partial charge >= 0.3 is 0 Å². The number of hydrogen-bond acceptors (Lipinski definition) is 4. The first kappa shape index (κ1) is 12.4. The molecule has 5 nitrogen and oxygen atoms in total. The lowest BCUT2D eigenvalue weighted by atomic mass is 9.84. The number of likely N-dealkylation sites (tertiary alicyclic amines) is 1. The minimum absolute atomic E-state index is 0.355. The Balaban J connectivity index is 2.34. The lowest BCUT2D eigenvalue weighted by Gasteiger charge is -2.41. The van der Waals surface area contributed by atoms with Crippen LogP contribution in [0.3, 0.4) is 0 Å². The van der Waals surface area contributed by atoms with E-state index in [4.69, 9.17) is 4.74 Å². The van der Waals surface area contributed by atoms with Crippen LogP contribution in [0.25, 0.3) is 0 Å². The van der Waals surface area contributed by atoms with Crippen LogP contribution in [0.15, 0.2) is 6.20 Å². The minimum atomic E-state index is -0.831. The van der Waals surface area contributed by atoms with Gasteiger partial charge in [-0.2, -0.15) is 5.10 Å². The fourth-order valence-electron chi connectivity index (χ4n) is 2.64. The minimum Gasteiger partial charge on any atom is -0.493 e. The SMILES string of the molecule is COc1cnn(C)c1C1(O)CCN(C)C(C)C1. The van der Waals surface area contributed by atoms with E-state index in [1.54, 1.807) is 18.0 Å². The molecule has 1 aliphatic heterocycles. The first-order valence-electron chi connectivity index (χ1n) is 5.97. The van der Waals surface area contributed by atoms with Gasteiger partial charge < -0.3 is 14.7 Å². The lowest BCUT2D eigenvalue weighted by Crippen LogP contribution is -2.46. The number of methoxy groups -OCH3 is 1. The number of rotatable bonds is 2. The van der Waals surface area contributed by atoms with E-state index in [1.165, 1.54) is 0 Å². The molecule has 0 amide bonds. The zero-order valence-corrected chi connectivity index (χ0v) is 11.0. The largest absolute Gasteiger partial charge is 0.493 e. The number of aryl methyl sites for hydroxylation is 1. The van der Waals surface area contributed by atoms with E-state index in [2.05, 4.69) is 24.0 Å². The molecule has 1 aromatic rings. The maximum absolute atomic E-state index is 10.8. The lowest BCUT2D eigenvalue weighted by molar-refractivity contribution is -0.0479. The second kappa shape index (κ2) is 4.31. The van der Waals surface area contributed by atoms with Gasteiger partial charge in [-0.15, -0.1) is 0 Å². The molecule has 0 aromatic carbocycles. The monoisotopic (exact) mass is 239 g/mol. The van der Waals surface area contributed by atoms with Gasteiger partial charge in [0.2, 0.25) is 0 Å². The molecule has 17 heavy (non-hydrogen) atoms. The van der Waals surface area contributed by atoms with Crippen molar-refractivity contribution in [2.24, 2.45) is 7.05 Å². The maximum atomic E-state index is 10.8. The molecule has 1 aromatic heterocycles. The molecular weight excluding hydrogens is 218 g/mol. The summed E-state index contributed by atoms with van der Waals surface area (Å²) in [6.45, 7) is 3.01. The molecule has 1 N–H and O–H groups in total. The highest BCUT2D eigenvalue weighted by Gasteiger charge is 2.40. The Hall–Kier alpha value is -1.07. The van der Waals surface area contributed by atoms with Gasteiger partial charge in [-0.1, -0.05) is 0 Å². The van der Waals surface area contributed by atoms with Gasteiger partial charge in [0.25, 0.3) is 0 Å². The van der Waals surface area contributed by atoms with Gasteiger partial charge in [0.05, 0.1) is 13.3 Å². The third-order valence-electron chi connectivity index (χ3n) is 3.83. The normalized spacial score (nSPS) is 30.5. The zero-order chi connectivity index (χ0) is 12.6. The number of aromatic nitrogens is 2. The highest BCUT2D eigenvalue weighted by Crippen LogP contribution is 2.39. The third kappa shape index (κ3) is 2.05. The smallest absolute Gasteiger partial charge is 0.162 e. The summed E-state index contributed by atoms with van der Waals surface area (Å²) in [7, 11) is 5.55. The van der Waals surface area contributed by atoms with E-state index in [9.17, 15) is 5.11 Å². The second-order valence-corrected chi connectivity index (χ2v) is 5.00. The van der Waals surface area contributed by atoms with E-state index in [-0.39, 0.29) is 0 Å². The Morgan fingerprint density at radius 3 is 2.82 bits per heavy atom. The van der Waals surface area contributed by atoms with Crippen LogP contribution >= 0.6 is 0 Å². The third-order valence-corrected chi connectivity index (χ3v) is 3.83. The average Bonchev–Trinajstić information content (AvgIpc) is 2.66. The summed E-state index contributed by atoms with van der Waals surface area (Å²) in [6, 6.07) is 0.355. The van der Waals surface area contributed by atoms with Crippen LogP contribution in [0.4, 0.5) is 0 Å². The fourth-order valence-corrected chi connectivity index (χ4v) is 2.64. The molecule has 0 spiro atoms. The topological polar surface area (TPSA) is 50.5 Å². The van der Waals surface area contributed by atoms with Gasteiger partial charge in [-0.05, 0) is 26.8 Å². The van der Waals surface area contributed by atoms with Gasteiger partial charge in [-0.3, -0.25) is 4.68 Å². The summed E-state index contributed by atoms with van der Waals surface area (Å²) < 4.78 is 7.01. The van der Waals surface area contributed by atoms with Crippen LogP contribution in [0.5, 0.6) is 5.75 Å². The highest BCUT2D eigenvalue weighted by atomic mass is 16.5. The van der Waals surface area contributed by atoms with Crippen molar-refractivity contribution in [3.8, 4) is 5.75 Å². The number of ether oxygens (including phenoxy) is 1. The molecule has 1 saturated heterocycles. The average molecular weight is 239 g/mol. The van der Waals surface area contributed by atoms with E-state index in [0.29, 0.717) is 24.6 Å². The number of hydrogen-bond donors (Lipinski definition) is 1. The van der Waals surface area contributed by atoms with Crippen molar-refractivity contribution in [3.05, 3.63) is 11.9 Å². The predicted octanol–water partition coefficient (Wildman–Crippen LogP) is 0.730. The molecule has 96 valence electrons. The molecule has 0 radical (unpaired) electrons. The van der Waals surface area contributed by atoms with Crippen molar-refractivity contribution in [2.45, 2.75) is 31.4 Å². The molecule has 1 aliphatic rings. The fraction of sp³-hybridized carbons (Fsp3) is 0.750. The Bertz CT molecular complexity index is 404. The molecular formula is C12H21N3O2. The molecule has 2 atom stereocenters. The predicted molar refractivity (Wildman–Crippen MR) is 65.0 cm³/mol. The Labute approximate surface area is 102 Å².